The molecule has 0 aliphatic carbocycles. The van der Waals surface area contributed by atoms with Crippen molar-refractivity contribution in [2.45, 2.75) is 13.5 Å². The lowest BCUT2D eigenvalue weighted by molar-refractivity contribution is 0.0600. The van der Waals surface area contributed by atoms with Gasteiger partial charge in [0, 0.05) is 24.6 Å². The van der Waals surface area contributed by atoms with Crippen molar-refractivity contribution in [3.05, 3.63) is 83.2 Å². The summed E-state index contributed by atoms with van der Waals surface area (Å²) in [6, 6.07) is 14.7. The van der Waals surface area contributed by atoms with Crippen molar-refractivity contribution in [1.29, 1.82) is 0 Å². The van der Waals surface area contributed by atoms with Crippen molar-refractivity contribution in [2.75, 3.05) is 12.4 Å². The number of hydrogen-bond acceptors (Lipinski definition) is 6. The van der Waals surface area contributed by atoms with Crippen molar-refractivity contribution < 1.29 is 14.3 Å². The second-order valence-electron chi connectivity index (χ2n) is 6.10. The number of hydrogen-bond donors (Lipinski definition) is 2. The van der Waals surface area contributed by atoms with E-state index in [2.05, 4.69) is 20.6 Å². The summed E-state index contributed by atoms with van der Waals surface area (Å²) in [5, 5.41) is 5.85. The molecule has 0 fully saturated rings. The van der Waals surface area contributed by atoms with E-state index in [1.807, 2.05) is 31.2 Å². The zero-order valence-electron chi connectivity index (χ0n) is 15.6. The van der Waals surface area contributed by atoms with E-state index in [-0.39, 0.29) is 5.91 Å². The predicted molar refractivity (Wildman–Crippen MR) is 105 cm³/mol. The fourth-order valence-corrected chi connectivity index (χ4v) is 2.57. The molecule has 0 bridgehead atoms. The van der Waals surface area contributed by atoms with Gasteiger partial charge < -0.3 is 15.4 Å². The zero-order valence-corrected chi connectivity index (χ0v) is 15.6. The van der Waals surface area contributed by atoms with Crippen LogP contribution >= 0.6 is 0 Å². The summed E-state index contributed by atoms with van der Waals surface area (Å²) in [7, 11) is 1.33. The largest absolute Gasteiger partial charge is 0.465 e. The number of aryl methyl sites for hydroxylation is 1. The summed E-state index contributed by atoms with van der Waals surface area (Å²) >= 11 is 0. The van der Waals surface area contributed by atoms with Crippen LogP contribution in [0.2, 0.25) is 0 Å². The highest BCUT2D eigenvalue weighted by atomic mass is 16.5. The van der Waals surface area contributed by atoms with E-state index in [0.29, 0.717) is 29.3 Å². The van der Waals surface area contributed by atoms with Gasteiger partial charge in [-0.2, -0.15) is 0 Å². The first kappa shape index (κ1) is 19.0. The molecule has 1 aromatic heterocycles. The number of carbonyl (C=O) groups excluding carboxylic acids is 2. The molecule has 0 aliphatic heterocycles. The Balaban J connectivity index is 1.62. The van der Waals surface area contributed by atoms with Crippen LogP contribution in [0.15, 0.2) is 60.9 Å². The first-order valence-corrected chi connectivity index (χ1v) is 8.67. The third kappa shape index (κ3) is 4.70. The van der Waals surface area contributed by atoms with Gasteiger partial charge >= 0.3 is 5.97 Å². The highest BCUT2D eigenvalue weighted by Gasteiger charge is 2.09. The van der Waals surface area contributed by atoms with E-state index in [4.69, 9.17) is 4.74 Å². The van der Waals surface area contributed by atoms with Gasteiger partial charge in [-0.15, -0.1) is 0 Å². The predicted octanol–water partition coefficient (Wildman–Crippen LogP) is 3.25. The van der Waals surface area contributed by atoms with E-state index < -0.39 is 5.97 Å². The summed E-state index contributed by atoms with van der Waals surface area (Å²) < 4.78 is 4.70. The molecule has 142 valence electrons. The number of nitrogens with one attached hydrogen (secondary N) is 2. The molecule has 0 saturated heterocycles. The van der Waals surface area contributed by atoms with Crippen LogP contribution in [0.25, 0.3) is 0 Å². The van der Waals surface area contributed by atoms with Crippen LogP contribution in [0.1, 0.15) is 31.8 Å². The molecule has 0 atom stereocenters. The number of carbonyl (C=O) groups is 2. The lowest BCUT2D eigenvalue weighted by atomic mass is 10.1. The number of anilines is 2. The molecule has 0 saturated carbocycles. The summed E-state index contributed by atoms with van der Waals surface area (Å²) in [6.45, 7) is 2.44. The normalized spacial score (nSPS) is 10.2. The van der Waals surface area contributed by atoms with E-state index in [1.54, 1.807) is 24.3 Å². The lowest BCUT2D eigenvalue weighted by Crippen LogP contribution is -2.23. The van der Waals surface area contributed by atoms with E-state index in [0.717, 1.165) is 11.1 Å². The first-order valence-electron chi connectivity index (χ1n) is 8.67. The number of amides is 1. The fourth-order valence-electron chi connectivity index (χ4n) is 2.57. The standard InChI is InChI=1S/C21H20N4O3/c1-14-6-3-4-7-16(14)11-22-19(26)17-12-23-21(24-13-17)25-18-9-5-8-15(10-18)20(27)28-2/h3-10,12-13H,11H2,1-2H3,(H,22,26)(H,23,24,25). The number of nitrogens with zero attached hydrogens (tertiary/aromatic N) is 2. The minimum absolute atomic E-state index is 0.248. The molecule has 2 N–H and O–H groups in total. The molecule has 7 nitrogen and oxygen atoms in total. The lowest BCUT2D eigenvalue weighted by Gasteiger charge is -2.09. The second kappa shape index (κ2) is 8.77. The molecule has 3 aromatic rings. The van der Waals surface area contributed by atoms with Crippen LogP contribution in [0, 0.1) is 6.92 Å². The van der Waals surface area contributed by atoms with Gasteiger partial charge in [0.15, 0.2) is 0 Å². The number of aromatic nitrogens is 2. The number of methoxy groups -OCH3 is 1. The summed E-state index contributed by atoms with van der Waals surface area (Å²) in [6.07, 6.45) is 2.90. The molecule has 1 amide bonds. The average Bonchev–Trinajstić information content (AvgIpc) is 2.73. The highest BCUT2D eigenvalue weighted by Crippen LogP contribution is 2.15. The maximum atomic E-state index is 12.3. The Morgan fingerprint density at radius 3 is 2.46 bits per heavy atom. The van der Waals surface area contributed by atoms with Crippen molar-refractivity contribution in [1.82, 2.24) is 15.3 Å². The molecule has 2 aromatic carbocycles. The molecule has 0 unspecified atom stereocenters. The maximum absolute atomic E-state index is 12.3. The van der Waals surface area contributed by atoms with Gasteiger partial charge in [-0.1, -0.05) is 30.3 Å². The molecular weight excluding hydrogens is 356 g/mol. The Morgan fingerprint density at radius 2 is 1.75 bits per heavy atom. The minimum Gasteiger partial charge on any atom is -0.465 e. The Morgan fingerprint density at radius 1 is 1.00 bits per heavy atom. The molecule has 0 radical (unpaired) electrons. The van der Waals surface area contributed by atoms with Gasteiger partial charge in [-0.3, -0.25) is 4.79 Å². The van der Waals surface area contributed by atoms with E-state index >= 15 is 0 Å². The summed E-state index contributed by atoms with van der Waals surface area (Å²) in [5.41, 5.74) is 3.59. The topological polar surface area (TPSA) is 93.2 Å². The van der Waals surface area contributed by atoms with Gasteiger partial charge in [-0.25, -0.2) is 14.8 Å². The first-order chi connectivity index (χ1) is 13.6. The van der Waals surface area contributed by atoms with Crippen LogP contribution in [0.3, 0.4) is 0 Å². The molecule has 0 aliphatic rings. The summed E-state index contributed by atoms with van der Waals surface area (Å²) in [4.78, 5) is 32.2. The molecule has 28 heavy (non-hydrogen) atoms. The fraction of sp³-hybridized carbons (Fsp3) is 0.143. The summed E-state index contributed by atoms with van der Waals surface area (Å²) in [5.74, 6) is -0.356. The monoisotopic (exact) mass is 376 g/mol. The zero-order chi connectivity index (χ0) is 19.9. The number of benzene rings is 2. The Bertz CT molecular complexity index is 987. The molecule has 3 rings (SSSR count). The van der Waals surface area contributed by atoms with Gasteiger partial charge in [0.25, 0.3) is 5.91 Å². The highest BCUT2D eigenvalue weighted by molar-refractivity contribution is 5.93. The van der Waals surface area contributed by atoms with Crippen molar-refractivity contribution in [3.8, 4) is 0 Å². The van der Waals surface area contributed by atoms with Crippen LogP contribution in [-0.2, 0) is 11.3 Å². The Kier molecular flexibility index (Phi) is 5.96. The second-order valence-corrected chi connectivity index (χ2v) is 6.10. The molecular formula is C21H20N4O3. The minimum atomic E-state index is -0.426. The van der Waals surface area contributed by atoms with Gasteiger partial charge in [0.1, 0.15) is 0 Å². The van der Waals surface area contributed by atoms with Gasteiger partial charge in [0.05, 0.1) is 18.2 Å². The average molecular weight is 376 g/mol. The quantitative estimate of drug-likeness (QED) is 0.642. The smallest absolute Gasteiger partial charge is 0.337 e. The third-order valence-electron chi connectivity index (χ3n) is 4.15. The Labute approximate surface area is 162 Å². The van der Waals surface area contributed by atoms with Gasteiger partial charge in [-0.05, 0) is 36.2 Å². The van der Waals surface area contributed by atoms with Crippen LogP contribution in [0.4, 0.5) is 11.6 Å². The van der Waals surface area contributed by atoms with Crippen LogP contribution in [-0.4, -0.2) is 29.0 Å². The number of ether oxygens (including phenoxy) is 1. The van der Waals surface area contributed by atoms with E-state index in [9.17, 15) is 9.59 Å². The number of esters is 1. The van der Waals surface area contributed by atoms with Crippen LogP contribution in [0.5, 0.6) is 0 Å². The van der Waals surface area contributed by atoms with E-state index in [1.165, 1.54) is 19.5 Å². The Hall–Kier alpha value is -3.74. The molecule has 7 heteroatoms. The number of rotatable bonds is 6. The third-order valence-corrected chi connectivity index (χ3v) is 4.15. The van der Waals surface area contributed by atoms with Crippen molar-refractivity contribution >= 4 is 23.5 Å². The van der Waals surface area contributed by atoms with Crippen molar-refractivity contribution in [3.63, 3.8) is 0 Å². The molecule has 0 spiro atoms. The van der Waals surface area contributed by atoms with Gasteiger partial charge in [0.2, 0.25) is 5.95 Å². The van der Waals surface area contributed by atoms with Crippen LogP contribution < -0.4 is 10.6 Å². The molecule has 1 heterocycles. The maximum Gasteiger partial charge on any atom is 0.337 e. The van der Waals surface area contributed by atoms with Crippen molar-refractivity contribution in [2.24, 2.45) is 0 Å². The SMILES string of the molecule is COC(=O)c1cccc(Nc2ncc(C(=O)NCc3ccccc3C)cn2)c1.